The summed E-state index contributed by atoms with van der Waals surface area (Å²) in [5.41, 5.74) is -0.352. The molecule has 1 fully saturated rings. The van der Waals surface area contributed by atoms with Crippen molar-refractivity contribution in [2.24, 2.45) is 5.29 Å². The van der Waals surface area contributed by atoms with Crippen LogP contribution in [0.25, 0.3) is 0 Å². The Labute approximate surface area is 101 Å². The van der Waals surface area contributed by atoms with Gasteiger partial charge in [-0.1, -0.05) is 19.3 Å². The van der Waals surface area contributed by atoms with Gasteiger partial charge in [-0.2, -0.15) is 5.01 Å². The van der Waals surface area contributed by atoms with Gasteiger partial charge in [0.1, 0.15) is 0 Å². The molecule has 2 amide bonds. The molecule has 0 saturated heterocycles. The Morgan fingerprint density at radius 1 is 1.38 bits per heavy atom. The molecule has 0 spiro atoms. The summed E-state index contributed by atoms with van der Waals surface area (Å²) in [6, 6.07) is -0.524. The van der Waals surface area contributed by atoms with Gasteiger partial charge in [0.05, 0.1) is 10.8 Å². The van der Waals surface area contributed by atoms with Crippen molar-refractivity contribution >= 4 is 17.8 Å². The SMILES string of the molecule is CCN(N=O)C(=O)N(Cl)C1(C)CCCCC1. The first kappa shape index (κ1) is 13.2. The lowest BCUT2D eigenvalue weighted by Gasteiger charge is -2.39. The number of amides is 2. The molecule has 5 nitrogen and oxygen atoms in total. The number of nitrogens with zero attached hydrogens (tertiary/aromatic N) is 3. The molecule has 1 aliphatic carbocycles. The number of nitroso groups, excluding NO2 is 1. The zero-order valence-electron chi connectivity index (χ0n) is 9.78. The summed E-state index contributed by atoms with van der Waals surface area (Å²) >= 11 is 6.05. The van der Waals surface area contributed by atoms with Crippen LogP contribution >= 0.6 is 11.8 Å². The van der Waals surface area contributed by atoms with Gasteiger partial charge in [0.15, 0.2) is 0 Å². The van der Waals surface area contributed by atoms with Gasteiger partial charge in [0.25, 0.3) is 0 Å². The summed E-state index contributed by atoms with van der Waals surface area (Å²) in [5, 5.41) is 3.50. The molecule has 0 unspecified atom stereocenters. The molecule has 0 aromatic carbocycles. The number of hydrogen-bond donors (Lipinski definition) is 0. The lowest BCUT2D eigenvalue weighted by Crippen LogP contribution is -2.49. The third-order valence-corrected chi connectivity index (χ3v) is 3.74. The minimum Gasteiger partial charge on any atom is -0.245 e. The van der Waals surface area contributed by atoms with E-state index in [1.54, 1.807) is 6.92 Å². The summed E-state index contributed by atoms with van der Waals surface area (Å²) in [6.07, 6.45) is 5.05. The number of urea groups is 1. The van der Waals surface area contributed by atoms with Crippen LogP contribution in [0.2, 0.25) is 0 Å². The first-order valence-corrected chi connectivity index (χ1v) is 6.00. The highest BCUT2D eigenvalue weighted by atomic mass is 35.5. The van der Waals surface area contributed by atoms with Crippen molar-refractivity contribution in [2.75, 3.05) is 6.54 Å². The van der Waals surface area contributed by atoms with E-state index in [0.29, 0.717) is 0 Å². The maximum atomic E-state index is 11.8. The average Bonchev–Trinajstić information content (AvgIpc) is 2.30. The minimum absolute atomic E-state index is 0.238. The topological polar surface area (TPSA) is 53.0 Å². The Kier molecular flexibility index (Phi) is 4.53. The summed E-state index contributed by atoms with van der Waals surface area (Å²) in [7, 11) is 0. The lowest BCUT2D eigenvalue weighted by molar-refractivity contribution is 0.125. The third-order valence-electron chi connectivity index (χ3n) is 3.19. The second-order valence-electron chi connectivity index (χ2n) is 4.42. The number of carbonyl (C=O) groups is 1. The van der Waals surface area contributed by atoms with E-state index in [1.165, 1.54) is 6.42 Å². The van der Waals surface area contributed by atoms with Crippen molar-refractivity contribution in [3.63, 3.8) is 0 Å². The maximum absolute atomic E-state index is 11.8. The van der Waals surface area contributed by atoms with Crippen LogP contribution in [0.1, 0.15) is 46.0 Å². The molecule has 0 atom stereocenters. The van der Waals surface area contributed by atoms with Gasteiger partial charge in [0.2, 0.25) is 0 Å². The number of rotatable bonds is 3. The monoisotopic (exact) mass is 247 g/mol. The van der Waals surface area contributed by atoms with Crippen molar-refractivity contribution < 1.29 is 4.79 Å². The molecule has 0 aromatic rings. The van der Waals surface area contributed by atoms with E-state index in [1.807, 2.05) is 6.92 Å². The first-order valence-electron chi connectivity index (χ1n) is 5.66. The Bertz CT molecular complexity index is 267. The standard InChI is InChI=1S/C10H18ClN3O2/c1-3-13(12-16)9(15)14(11)10(2)7-5-4-6-8-10/h3-8H2,1-2H3. The summed E-state index contributed by atoms with van der Waals surface area (Å²) in [6.45, 7) is 3.88. The van der Waals surface area contributed by atoms with E-state index in [0.717, 1.165) is 35.1 Å². The van der Waals surface area contributed by atoms with Crippen LogP contribution < -0.4 is 0 Å². The fraction of sp³-hybridized carbons (Fsp3) is 0.900. The van der Waals surface area contributed by atoms with E-state index < -0.39 is 6.03 Å². The largest absolute Gasteiger partial charge is 0.358 e. The van der Waals surface area contributed by atoms with Crippen molar-refractivity contribution in [3.8, 4) is 0 Å². The predicted octanol–water partition coefficient (Wildman–Crippen LogP) is 3.29. The molecule has 0 radical (unpaired) electrons. The van der Waals surface area contributed by atoms with Crippen LogP contribution in [-0.2, 0) is 0 Å². The second kappa shape index (κ2) is 5.48. The van der Waals surface area contributed by atoms with Crippen molar-refractivity contribution in [3.05, 3.63) is 4.91 Å². The zero-order chi connectivity index (χ0) is 12.2. The molecule has 0 N–H and O–H groups in total. The lowest BCUT2D eigenvalue weighted by atomic mass is 9.83. The molecule has 1 rings (SSSR count). The molecular weight excluding hydrogens is 230 g/mol. The van der Waals surface area contributed by atoms with Crippen LogP contribution in [-0.4, -0.2) is 27.5 Å². The van der Waals surface area contributed by atoms with Crippen LogP contribution in [0, 0.1) is 4.91 Å². The van der Waals surface area contributed by atoms with Crippen LogP contribution in [0.5, 0.6) is 0 Å². The molecule has 0 bridgehead atoms. The Morgan fingerprint density at radius 3 is 2.38 bits per heavy atom. The zero-order valence-corrected chi connectivity index (χ0v) is 10.5. The summed E-state index contributed by atoms with van der Waals surface area (Å²) < 4.78 is 1.15. The van der Waals surface area contributed by atoms with Crippen LogP contribution in [0.15, 0.2) is 5.29 Å². The highest BCUT2D eigenvalue weighted by molar-refractivity contribution is 6.21. The average molecular weight is 248 g/mol. The van der Waals surface area contributed by atoms with E-state index >= 15 is 0 Å². The van der Waals surface area contributed by atoms with Gasteiger partial charge in [-0.25, -0.2) is 9.21 Å². The van der Waals surface area contributed by atoms with E-state index in [9.17, 15) is 9.70 Å². The predicted molar refractivity (Wildman–Crippen MR) is 62.8 cm³/mol. The molecule has 92 valence electrons. The number of halogens is 1. The Morgan fingerprint density at radius 2 is 1.94 bits per heavy atom. The molecule has 1 aliphatic rings. The second-order valence-corrected chi connectivity index (χ2v) is 4.76. The fourth-order valence-corrected chi connectivity index (χ4v) is 2.33. The van der Waals surface area contributed by atoms with Gasteiger partial charge >= 0.3 is 6.03 Å². The highest BCUT2D eigenvalue weighted by Gasteiger charge is 2.38. The van der Waals surface area contributed by atoms with Gasteiger partial charge in [-0.05, 0) is 26.7 Å². The van der Waals surface area contributed by atoms with Gasteiger partial charge in [-0.3, -0.25) is 0 Å². The van der Waals surface area contributed by atoms with Crippen molar-refractivity contribution in [2.45, 2.75) is 51.5 Å². The smallest absolute Gasteiger partial charge is 0.245 e. The maximum Gasteiger partial charge on any atom is 0.358 e. The number of hydrogen-bond acceptors (Lipinski definition) is 3. The van der Waals surface area contributed by atoms with Gasteiger partial charge in [0, 0.05) is 18.3 Å². The van der Waals surface area contributed by atoms with Crippen LogP contribution in [0.4, 0.5) is 4.79 Å². The summed E-state index contributed by atoms with van der Waals surface area (Å²) in [5.74, 6) is 0. The van der Waals surface area contributed by atoms with E-state index in [4.69, 9.17) is 11.8 Å². The quantitative estimate of drug-likeness (QED) is 0.437. The van der Waals surface area contributed by atoms with Gasteiger partial charge < -0.3 is 0 Å². The third kappa shape index (κ3) is 2.64. The molecule has 0 aliphatic heterocycles. The first-order chi connectivity index (χ1) is 7.55. The van der Waals surface area contributed by atoms with Crippen LogP contribution in [0.3, 0.4) is 0 Å². The minimum atomic E-state index is -0.524. The van der Waals surface area contributed by atoms with E-state index in [2.05, 4.69) is 5.29 Å². The fourth-order valence-electron chi connectivity index (χ4n) is 2.07. The van der Waals surface area contributed by atoms with Crippen molar-refractivity contribution in [1.82, 2.24) is 9.43 Å². The Balaban J connectivity index is 2.71. The molecule has 16 heavy (non-hydrogen) atoms. The van der Waals surface area contributed by atoms with Crippen molar-refractivity contribution in [1.29, 1.82) is 0 Å². The number of carbonyl (C=O) groups excluding carboxylic acids is 1. The molecule has 6 heteroatoms. The summed E-state index contributed by atoms with van der Waals surface area (Å²) in [4.78, 5) is 22.3. The van der Waals surface area contributed by atoms with E-state index in [-0.39, 0.29) is 12.1 Å². The van der Waals surface area contributed by atoms with Gasteiger partial charge in [-0.15, -0.1) is 4.91 Å². The Hall–Kier alpha value is -0.840. The molecule has 0 aromatic heterocycles. The normalized spacial score (nSPS) is 18.9. The molecular formula is C10H18ClN3O2. The molecule has 0 heterocycles. The molecule has 1 saturated carbocycles. The highest BCUT2D eigenvalue weighted by Crippen LogP contribution is 2.35.